The third-order valence-electron chi connectivity index (χ3n) is 2.18. The highest BCUT2D eigenvalue weighted by Gasteiger charge is 2.17. The van der Waals surface area contributed by atoms with Crippen LogP contribution in [0.2, 0.25) is 0 Å². The van der Waals surface area contributed by atoms with Crippen molar-refractivity contribution in [1.82, 2.24) is 15.0 Å². The van der Waals surface area contributed by atoms with Crippen LogP contribution in [0, 0.1) is 0 Å². The predicted molar refractivity (Wildman–Crippen MR) is 70.7 cm³/mol. The molecule has 18 heavy (non-hydrogen) atoms. The third kappa shape index (κ3) is 2.88. The summed E-state index contributed by atoms with van der Waals surface area (Å²) in [5.74, 6) is 0.870. The van der Waals surface area contributed by atoms with Gasteiger partial charge < -0.3 is 4.98 Å². The second-order valence-corrected chi connectivity index (χ2v) is 5.96. The number of aryl methyl sites for hydroxylation is 1. The van der Waals surface area contributed by atoms with E-state index in [1.54, 1.807) is 18.2 Å². The van der Waals surface area contributed by atoms with E-state index < -0.39 is 10.0 Å². The summed E-state index contributed by atoms with van der Waals surface area (Å²) < 4.78 is 26.9. The van der Waals surface area contributed by atoms with Gasteiger partial charge in [-0.15, -0.1) is 0 Å². The van der Waals surface area contributed by atoms with Crippen molar-refractivity contribution < 1.29 is 8.42 Å². The van der Waals surface area contributed by atoms with Crippen LogP contribution in [0.5, 0.6) is 0 Å². The number of aromatic amines is 1. The Morgan fingerprint density at radius 3 is 2.83 bits per heavy atom. The average molecular weight is 331 g/mol. The lowest BCUT2D eigenvalue weighted by Gasteiger charge is -2.05. The summed E-state index contributed by atoms with van der Waals surface area (Å²) >= 11 is 3.18. The molecule has 0 aliphatic heterocycles. The molecular formula is C10H11BrN4O2S. The molecule has 0 aliphatic rings. The zero-order valence-electron chi connectivity index (χ0n) is 9.51. The molecule has 6 nitrogen and oxygen atoms in total. The first-order valence-electron chi connectivity index (χ1n) is 5.20. The van der Waals surface area contributed by atoms with E-state index in [0.29, 0.717) is 16.8 Å². The van der Waals surface area contributed by atoms with Crippen molar-refractivity contribution in [3.8, 4) is 0 Å². The summed E-state index contributed by atoms with van der Waals surface area (Å²) in [4.78, 5) is 10.7. The number of rotatable bonds is 4. The Morgan fingerprint density at radius 2 is 2.22 bits per heavy atom. The van der Waals surface area contributed by atoms with E-state index in [1.807, 2.05) is 6.92 Å². The zero-order valence-corrected chi connectivity index (χ0v) is 11.9. The Bertz CT molecular complexity index is 653. The molecule has 0 unspecified atom stereocenters. The van der Waals surface area contributed by atoms with Gasteiger partial charge in [-0.05, 0) is 28.1 Å². The fourth-order valence-electron chi connectivity index (χ4n) is 1.32. The Balaban J connectivity index is 2.27. The van der Waals surface area contributed by atoms with Crippen LogP contribution in [0.25, 0.3) is 0 Å². The van der Waals surface area contributed by atoms with Crippen molar-refractivity contribution in [2.45, 2.75) is 18.4 Å². The van der Waals surface area contributed by atoms with Crippen LogP contribution < -0.4 is 4.72 Å². The number of pyridine rings is 1. The number of nitrogens with zero attached hydrogens (tertiary/aromatic N) is 2. The van der Waals surface area contributed by atoms with Crippen molar-refractivity contribution in [1.29, 1.82) is 0 Å². The molecule has 0 radical (unpaired) electrons. The Kier molecular flexibility index (Phi) is 3.67. The maximum absolute atomic E-state index is 12.0. The molecule has 2 rings (SSSR count). The van der Waals surface area contributed by atoms with E-state index in [2.05, 4.69) is 35.6 Å². The first kappa shape index (κ1) is 13.0. The van der Waals surface area contributed by atoms with Crippen molar-refractivity contribution >= 4 is 31.8 Å². The van der Waals surface area contributed by atoms with E-state index in [9.17, 15) is 8.42 Å². The molecule has 0 saturated carbocycles. The number of nitrogens with one attached hydrogen (secondary N) is 2. The third-order valence-corrected chi connectivity index (χ3v) is 3.89. The number of H-pyrrole nitrogens is 1. The van der Waals surface area contributed by atoms with E-state index in [-0.39, 0.29) is 10.8 Å². The minimum Gasteiger partial charge on any atom is -0.332 e. The molecule has 96 valence electrons. The average Bonchev–Trinajstić information content (AvgIpc) is 2.77. The van der Waals surface area contributed by atoms with Gasteiger partial charge in [0, 0.05) is 6.42 Å². The van der Waals surface area contributed by atoms with Crippen LogP contribution in [0.3, 0.4) is 0 Å². The minimum absolute atomic E-state index is 0.0288. The van der Waals surface area contributed by atoms with Crippen LogP contribution >= 0.6 is 15.9 Å². The highest BCUT2D eigenvalue weighted by molar-refractivity contribution is 9.10. The van der Waals surface area contributed by atoms with Gasteiger partial charge in [0.15, 0.2) is 5.03 Å². The zero-order chi connectivity index (χ0) is 13.2. The second kappa shape index (κ2) is 5.07. The number of imidazole rings is 1. The van der Waals surface area contributed by atoms with Gasteiger partial charge in [0.2, 0.25) is 0 Å². The van der Waals surface area contributed by atoms with Gasteiger partial charge >= 0.3 is 0 Å². The van der Waals surface area contributed by atoms with Crippen molar-refractivity contribution in [2.24, 2.45) is 0 Å². The lowest BCUT2D eigenvalue weighted by atomic mass is 10.5. The van der Waals surface area contributed by atoms with Crippen molar-refractivity contribution in [2.75, 3.05) is 4.72 Å². The van der Waals surface area contributed by atoms with Gasteiger partial charge in [-0.25, -0.2) is 9.97 Å². The largest absolute Gasteiger partial charge is 0.332 e. The summed E-state index contributed by atoms with van der Waals surface area (Å²) in [5.41, 5.74) is 0. The van der Waals surface area contributed by atoms with Gasteiger partial charge in [-0.2, -0.15) is 8.42 Å². The highest BCUT2D eigenvalue weighted by atomic mass is 79.9. The minimum atomic E-state index is -3.67. The SMILES string of the molecule is CCc1ncc(S(=O)(=O)Nc2cccc(Br)n2)[nH]1. The number of halogens is 1. The lowest BCUT2D eigenvalue weighted by Crippen LogP contribution is -2.14. The van der Waals surface area contributed by atoms with E-state index in [0.717, 1.165) is 0 Å². The molecule has 2 aromatic rings. The monoisotopic (exact) mass is 330 g/mol. The molecule has 0 aromatic carbocycles. The molecule has 0 atom stereocenters. The molecule has 8 heteroatoms. The van der Waals surface area contributed by atoms with Gasteiger partial charge in [-0.3, -0.25) is 4.72 Å². The molecule has 2 aromatic heterocycles. The van der Waals surface area contributed by atoms with Gasteiger partial charge in [0.25, 0.3) is 10.0 Å². The Labute approximate surface area is 113 Å². The summed E-state index contributed by atoms with van der Waals surface area (Å²) in [7, 11) is -3.67. The lowest BCUT2D eigenvalue weighted by molar-refractivity contribution is 0.597. The maximum Gasteiger partial charge on any atom is 0.280 e. The fourth-order valence-corrected chi connectivity index (χ4v) is 2.60. The van der Waals surface area contributed by atoms with Gasteiger partial charge in [0.1, 0.15) is 16.2 Å². The Hall–Kier alpha value is -1.41. The number of hydrogen-bond acceptors (Lipinski definition) is 4. The van der Waals surface area contributed by atoms with E-state index in [4.69, 9.17) is 0 Å². The molecule has 2 N–H and O–H groups in total. The molecular weight excluding hydrogens is 320 g/mol. The quantitative estimate of drug-likeness (QED) is 0.838. The summed E-state index contributed by atoms with van der Waals surface area (Å²) in [6, 6.07) is 4.97. The van der Waals surface area contributed by atoms with Gasteiger partial charge in [-0.1, -0.05) is 13.0 Å². The molecule has 0 saturated heterocycles. The molecule has 2 heterocycles. The van der Waals surface area contributed by atoms with Crippen LogP contribution in [0.4, 0.5) is 5.82 Å². The molecule has 0 bridgehead atoms. The normalized spacial score (nSPS) is 11.4. The van der Waals surface area contributed by atoms with Crippen molar-refractivity contribution in [3.05, 3.63) is 34.8 Å². The van der Waals surface area contributed by atoms with E-state index >= 15 is 0 Å². The van der Waals surface area contributed by atoms with Crippen LogP contribution in [-0.4, -0.2) is 23.4 Å². The number of sulfonamides is 1. The number of anilines is 1. The maximum atomic E-state index is 12.0. The fraction of sp³-hybridized carbons (Fsp3) is 0.200. The summed E-state index contributed by atoms with van der Waals surface area (Å²) in [6.45, 7) is 1.89. The number of aromatic nitrogens is 3. The molecule has 0 spiro atoms. The molecule has 0 amide bonds. The first-order valence-corrected chi connectivity index (χ1v) is 7.48. The Morgan fingerprint density at radius 1 is 1.44 bits per heavy atom. The van der Waals surface area contributed by atoms with Crippen molar-refractivity contribution in [3.63, 3.8) is 0 Å². The van der Waals surface area contributed by atoms with E-state index in [1.165, 1.54) is 6.20 Å². The topological polar surface area (TPSA) is 87.7 Å². The van der Waals surface area contributed by atoms with Gasteiger partial charge in [0.05, 0.1) is 6.20 Å². The smallest absolute Gasteiger partial charge is 0.280 e. The standard InChI is InChI=1S/C10H11BrN4O2S/c1-2-8-12-6-10(14-8)18(16,17)15-9-5-3-4-7(11)13-9/h3-6H,2H2,1H3,(H,12,14)(H,13,15). The van der Waals surface area contributed by atoms with Crippen LogP contribution in [-0.2, 0) is 16.4 Å². The van der Waals surface area contributed by atoms with Crippen LogP contribution in [0.15, 0.2) is 34.0 Å². The first-order chi connectivity index (χ1) is 8.51. The molecule has 0 aliphatic carbocycles. The number of hydrogen-bond donors (Lipinski definition) is 2. The summed E-state index contributed by atoms with van der Waals surface area (Å²) in [5, 5.41) is 0.0288. The predicted octanol–water partition coefficient (Wildman–Crippen LogP) is 1.93. The summed E-state index contributed by atoms with van der Waals surface area (Å²) in [6.07, 6.45) is 1.93. The molecule has 0 fully saturated rings. The second-order valence-electron chi connectivity index (χ2n) is 3.50. The van der Waals surface area contributed by atoms with Crippen LogP contribution in [0.1, 0.15) is 12.7 Å². The highest BCUT2D eigenvalue weighted by Crippen LogP contribution is 2.15.